The van der Waals surface area contributed by atoms with Crippen LogP contribution in [0.2, 0.25) is 0 Å². The molecule has 1 saturated heterocycles. The van der Waals surface area contributed by atoms with Crippen LogP contribution >= 0.6 is 0 Å². The second-order valence-electron chi connectivity index (χ2n) is 7.91. The van der Waals surface area contributed by atoms with Crippen LogP contribution in [-0.2, 0) is 17.6 Å². The van der Waals surface area contributed by atoms with Crippen molar-refractivity contribution in [3.8, 4) is 0 Å². The fraction of sp³-hybridized carbons (Fsp3) is 0.476. The SMILES string of the molecule is CC(=O)N1CCN(c2noc(Cc3ccc4[nH]cc(CCN(C)C)c4c3)n2)CC1. The molecule has 1 N–H and O–H groups in total. The molecule has 0 bridgehead atoms. The third kappa shape index (κ3) is 4.42. The Bertz CT molecular complexity index is 984. The molecule has 8 heteroatoms. The van der Waals surface area contributed by atoms with Crippen molar-refractivity contribution in [2.45, 2.75) is 19.8 Å². The lowest BCUT2D eigenvalue weighted by Crippen LogP contribution is -2.48. The van der Waals surface area contributed by atoms with Gasteiger partial charge in [0.25, 0.3) is 5.95 Å². The zero-order valence-corrected chi connectivity index (χ0v) is 17.3. The Morgan fingerprint density at radius 3 is 2.76 bits per heavy atom. The number of nitrogens with one attached hydrogen (secondary N) is 1. The summed E-state index contributed by atoms with van der Waals surface area (Å²) in [4.78, 5) is 25.5. The van der Waals surface area contributed by atoms with Crippen LogP contribution in [0.5, 0.6) is 0 Å². The third-order valence-electron chi connectivity index (χ3n) is 5.48. The summed E-state index contributed by atoms with van der Waals surface area (Å²) in [5.41, 5.74) is 3.63. The van der Waals surface area contributed by atoms with Gasteiger partial charge in [-0.25, -0.2) is 0 Å². The highest BCUT2D eigenvalue weighted by atomic mass is 16.5. The summed E-state index contributed by atoms with van der Waals surface area (Å²) in [6.45, 7) is 5.46. The van der Waals surface area contributed by atoms with E-state index in [4.69, 9.17) is 4.52 Å². The predicted octanol–water partition coefficient (Wildman–Crippen LogP) is 1.91. The van der Waals surface area contributed by atoms with Crippen molar-refractivity contribution in [3.05, 3.63) is 41.4 Å². The Balaban J connectivity index is 1.44. The van der Waals surface area contributed by atoms with Crippen LogP contribution < -0.4 is 4.90 Å². The molecule has 154 valence electrons. The number of piperazine rings is 1. The molecule has 0 aliphatic carbocycles. The Morgan fingerprint density at radius 1 is 1.24 bits per heavy atom. The third-order valence-corrected chi connectivity index (χ3v) is 5.48. The van der Waals surface area contributed by atoms with E-state index >= 15 is 0 Å². The summed E-state index contributed by atoms with van der Waals surface area (Å²) >= 11 is 0. The summed E-state index contributed by atoms with van der Waals surface area (Å²) in [5.74, 6) is 1.33. The van der Waals surface area contributed by atoms with Gasteiger partial charge in [0, 0.05) is 56.7 Å². The van der Waals surface area contributed by atoms with E-state index in [2.05, 4.69) is 63.4 Å². The minimum Gasteiger partial charge on any atom is -0.361 e. The molecular weight excluding hydrogens is 368 g/mol. The van der Waals surface area contributed by atoms with E-state index in [1.807, 2.05) is 4.90 Å². The molecule has 4 rings (SSSR count). The van der Waals surface area contributed by atoms with E-state index < -0.39 is 0 Å². The van der Waals surface area contributed by atoms with Gasteiger partial charge in [0.05, 0.1) is 6.42 Å². The van der Waals surface area contributed by atoms with Crippen LogP contribution in [0, 0.1) is 0 Å². The molecule has 0 unspecified atom stereocenters. The van der Waals surface area contributed by atoms with Crippen molar-refractivity contribution in [2.75, 3.05) is 51.7 Å². The van der Waals surface area contributed by atoms with Gasteiger partial charge in [-0.1, -0.05) is 6.07 Å². The first-order valence-corrected chi connectivity index (χ1v) is 10.1. The van der Waals surface area contributed by atoms with Crippen LogP contribution in [0.1, 0.15) is 23.9 Å². The number of benzene rings is 1. The fourth-order valence-corrected chi connectivity index (χ4v) is 3.73. The summed E-state index contributed by atoms with van der Waals surface area (Å²) in [7, 11) is 4.18. The standard InChI is InChI=1S/C21H28N6O2/c1-15(28)26-8-10-27(11-9-26)21-23-20(29-24-21)13-16-4-5-19-18(12-16)17(14-22-19)6-7-25(2)3/h4-5,12,14,22H,6-11,13H2,1-3H3. The van der Waals surface area contributed by atoms with Gasteiger partial charge in [0.15, 0.2) is 0 Å². The number of nitrogens with zero attached hydrogens (tertiary/aromatic N) is 5. The Labute approximate surface area is 170 Å². The molecule has 2 aromatic heterocycles. The molecule has 0 saturated carbocycles. The number of fused-ring (bicyclic) bond motifs is 1. The number of hydrogen-bond donors (Lipinski definition) is 1. The largest absolute Gasteiger partial charge is 0.361 e. The van der Waals surface area contributed by atoms with Crippen LogP contribution in [0.3, 0.4) is 0 Å². The van der Waals surface area contributed by atoms with E-state index in [1.54, 1.807) is 6.92 Å². The average Bonchev–Trinajstić information content (AvgIpc) is 3.33. The lowest BCUT2D eigenvalue weighted by Gasteiger charge is -2.33. The number of aromatic nitrogens is 3. The monoisotopic (exact) mass is 396 g/mol. The number of aromatic amines is 1. The number of likely N-dealkylation sites (N-methyl/N-ethyl adjacent to an activating group) is 1. The zero-order valence-electron chi connectivity index (χ0n) is 17.3. The first-order chi connectivity index (χ1) is 14.0. The fourth-order valence-electron chi connectivity index (χ4n) is 3.73. The van der Waals surface area contributed by atoms with Gasteiger partial charge >= 0.3 is 0 Å². The van der Waals surface area contributed by atoms with Crippen molar-refractivity contribution < 1.29 is 9.32 Å². The molecular formula is C21H28N6O2. The van der Waals surface area contributed by atoms with Crippen LogP contribution in [0.25, 0.3) is 10.9 Å². The second kappa shape index (κ2) is 8.24. The summed E-state index contributed by atoms with van der Waals surface area (Å²) in [6.07, 6.45) is 3.71. The molecule has 1 fully saturated rings. The zero-order chi connectivity index (χ0) is 20.4. The van der Waals surface area contributed by atoms with E-state index in [9.17, 15) is 4.79 Å². The molecule has 1 aliphatic heterocycles. The summed E-state index contributed by atoms with van der Waals surface area (Å²) in [6, 6.07) is 6.43. The van der Waals surface area contributed by atoms with E-state index in [-0.39, 0.29) is 5.91 Å². The molecule has 0 spiro atoms. The molecule has 1 aliphatic rings. The van der Waals surface area contributed by atoms with E-state index in [0.717, 1.165) is 37.1 Å². The van der Waals surface area contributed by atoms with Gasteiger partial charge in [0.1, 0.15) is 0 Å². The second-order valence-corrected chi connectivity index (χ2v) is 7.91. The first kappa shape index (κ1) is 19.4. The smallest absolute Gasteiger partial charge is 0.266 e. The minimum atomic E-state index is 0.114. The average molecular weight is 396 g/mol. The number of rotatable bonds is 6. The summed E-state index contributed by atoms with van der Waals surface area (Å²) < 4.78 is 5.50. The first-order valence-electron chi connectivity index (χ1n) is 10.1. The normalized spacial score (nSPS) is 14.9. The molecule has 0 atom stereocenters. The Hall–Kier alpha value is -2.87. The molecule has 3 aromatic rings. The lowest BCUT2D eigenvalue weighted by molar-refractivity contribution is -0.129. The van der Waals surface area contributed by atoms with Crippen LogP contribution in [-0.4, -0.2) is 77.7 Å². The molecule has 1 amide bonds. The van der Waals surface area contributed by atoms with Gasteiger partial charge in [0.2, 0.25) is 11.8 Å². The van der Waals surface area contributed by atoms with Crippen molar-refractivity contribution in [1.82, 2.24) is 24.9 Å². The molecule has 0 radical (unpaired) electrons. The number of carbonyl (C=O) groups excluding carboxylic acids is 1. The molecule has 1 aromatic carbocycles. The Kier molecular flexibility index (Phi) is 5.53. The maximum atomic E-state index is 11.5. The van der Waals surface area contributed by atoms with Crippen molar-refractivity contribution in [1.29, 1.82) is 0 Å². The number of hydrogen-bond acceptors (Lipinski definition) is 6. The van der Waals surface area contributed by atoms with Crippen LogP contribution in [0.15, 0.2) is 28.9 Å². The number of carbonyl (C=O) groups is 1. The molecule has 8 nitrogen and oxygen atoms in total. The van der Waals surface area contributed by atoms with Gasteiger partial charge in [-0.05, 0) is 48.9 Å². The van der Waals surface area contributed by atoms with E-state index in [0.29, 0.717) is 31.3 Å². The van der Waals surface area contributed by atoms with Gasteiger partial charge < -0.3 is 24.2 Å². The van der Waals surface area contributed by atoms with Crippen LogP contribution in [0.4, 0.5) is 5.95 Å². The Morgan fingerprint density at radius 2 is 2.03 bits per heavy atom. The number of H-pyrrole nitrogens is 1. The minimum absolute atomic E-state index is 0.114. The summed E-state index contributed by atoms with van der Waals surface area (Å²) in [5, 5.41) is 5.40. The van der Waals surface area contributed by atoms with Gasteiger partial charge in [-0.15, -0.1) is 0 Å². The van der Waals surface area contributed by atoms with E-state index in [1.165, 1.54) is 10.9 Å². The maximum absolute atomic E-state index is 11.5. The van der Waals surface area contributed by atoms with Crippen molar-refractivity contribution >= 4 is 22.8 Å². The van der Waals surface area contributed by atoms with Crippen molar-refractivity contribution in [3.63, 3.8) is 0 Å². The number of amides is 1. The highest BCUT2D eigenvalue weighted by Crippen LogP contribution is 2.22. The predicted molar refractivity (Wildman–Crippen MR) is 112 cm³/mol. The van der Waals surface area contributed by atoms with Gasteiger partial charge in [-0.3, -0.25) is 4.79 Å². The van der Waals surface area contributed by atoms with Crippen molar-refractivity contribution in [2.24, 2.45) is 0 Å². The lowest BCUT2D eigenvalue weighted by atomic mass is 10.1. The quantitative estimate of drug-likeness (QED) is 0.686. The van der Waals surface area contributed by atoms with Gasteiger partial charge in [-0.2, -0.15) is 4.98 Å². The number of anilines is 1. The molecule has 29 heavy (non-hydrogen) atoms. The molecule has 3 heterocycles. The topological polar surface area (TPSA) is 81.5 Å². The maximum Gasteiger partial charge on any atom is 0.266 e. The highest BCUT2D eigenvalue weighted by molar-refractivity contribution is 5.84. The highest BCUT2D eigenvalue weighted by Gasteiger charge is 2.22.